The van der Waals surface area contributed by atoms with E-state index in [0.29, 0.717) is 21.4 Å². The number of nitrogens with one attached hydrogen (secondary N) is 1. The van der Waals surface area contributed by atoms with Crippen LogP contribution in [0.1, 0.15) is 48.2 Å². The first kappa shape index (κ1) is 25.4. The number of imidazole rings is 1. The average molecular weight is 571 g/mol. The zero-order chi connectivity index (χ0) is 27.2. The molecule has 8 nitrogen and oxygen atoms in total. The molecule has 1 N–H and O–H groups in total. The number of likely N-dealkylation sites (tertiary alicyclic amines) is 1. The normalized spacial score (nSPS) is 16.8. The SMILES string of the molecule is CN1CCC(c2ccc(-c3cc4ccn(C(C(=O)Nc5nccs5)c5ncn6c5CCC6)c(=O)c4s3)cc2)CC1. The zero-order valence-electron chi connectivity index (χ0n) is 22.2. The lowest BCUT2D eigenvalue weighted by molar-refractivity contribution is -0.118. The molecule has 10 heteroatoms. The highest BCUT2D eigenvalue weighted by molar-refractivity contribution is 7.22. The molecule has 1 aromatic carbocycles. The van der Waals surface area contributed by atoms with Crippen LogP contribution < -0.4 is 10.9 Å². The summed E-state index contributed by atoms with van der Waals surface area (Å²) < 4.78 is 4.26. The number of aromatic nitrogens is 4. The summed E-state index contributed by atoms with van der Waals surface area (Å²) in [6.45, 7) is 3.15. The smallest absolute Gasteiger partial charge is 0.269 e. The average Bonchev–Trinajstić information content (AvgIpc) is 3.77. The lowest BCUT2D eigenvalue weighted by Crippen LogP contribution is -2.34. The maximum Gasteiger partial charge on any atom is 0.269 e. The molecule has 40 heavy (non-hydrogen) atoms. The van der Waals surface area contributed by atoms with Crippen LogP contribution >= 0.6 is 22.7 Å². The van der Waals surface area contributed by atoms with Crippen molar-refractivity contribution < 1.29 is 4.79 Å². The van der Waals surface area contributed by atoms with Gasteiger partial charge in [0.25, 0.3) is 11.5 Å². The molecular formula is C30H30N6O2S2. The third kappa shape index (κ3) is 4.59. The number of rotatable bonds is 6. The Balaban J connectivity index is 1.24. The van der Waals surface area contributed by atoms with Gasteiger partial charge in [0.05, 0.1) is 12.0 Å². The van der Waals surface area contributed by atoms with E-state index < -0.39 is 6.04 Å². The second-order valence-corrected chi connectivity index (χ2v) is 12.7. The minimum Gasteiger partial charge on any atom is -0.334 e. The number of hydrogen-bond acceptors (Lipinski definition) is 7. The van der Waals surface area contributed by atoms with Crippen LogP contribution in [0.25, 0.3) is 20.5 Å². The van der Waals surface area contributed by atoms with Gasteiger partial charge < -0.3 is 9.47 Å². The lowest BCUT2D eigenvalue weighted by Gasteiger charge is -2.29. The molecule has 6 heterocycles. The van der Waals surface area contributed by atoms with Gasteiger partial charge in [-0.05, 0) is 75.0 Å². The van der Waals surface area contributed by atoms with Gasteiger partial charge in [0.15, 0.2) is 11.2 Å². The second-order valence-electron chi connectivity index (χ2n) is 10.7. The number of benzene rings is 1. The first-order valence-corrected chi connectivity index (χ1v) is 15.4. The molecule has 0 spiro atoms. The lowest BCUT2D eigenvalue weighted by atomic mass is 9.89. The van der Waals surface area contributed by atoms with Crippen molar-refractivity contribution in [2.45, 2.75) is 44.2 Å². The Morgan fingerprint density at radius 3 is 2.70 bits per heavy atom. The monoisotopic (exact) mass is 570 g/mol. The van der Waals surface area contributed by atoms with Crippen molar-refractivity contribution in [1.29, 1.82) is 0 Å². The van der Waals surface area contributed by atoms with Crippen LogP contribution in [0.15, 0.2) is 65.3 Å². The Labute approximate surface area is 239 Å². The maximum absolute atomic E-state index is 13.9. The minimum absolute atomic E-state index is 0.185. The topological polar surface area (TPSA) is 85.1 Å². The molecule has 2 aliphatic rings. The molecular weight excluding hydrogens is 541 g/mol. The Morgan fingerprint density at radius 1 is 1.10 bits per heavy atom. The van der Waals surface area contributed by atoms with Crippen molar-refractivity contribution in [3.05, 3.63) is 87.8 Å². The van der Waals surface area contributed by atoms with Crippen LogP contribution in [0, 0.1) is 0 Å². The van der Waals surface area contributed by atoms with E-state index in [1.807, 2.05) is 11.4 Å². The number of piperidine rings is 1. The summed E-state index contributed by atoms with van der Waals surface area (Å²) in [7, 11) is 2.19. The third-order valence-electron chi connectivity index (χ3n) is 8.23. The van der Waals surface area contributed by atoms with E-state index in [9.17, 15) is 9.59 Å². The van der Waals surface area contributed by atoms with Crippen molar-refractivity contribution in [3.63, 3.8) is 0 Å². The van der Waals surface area contributed by atoms with Crippen LogP contribution in [-0.4, -0.2) is 50.0 Å². The van der Waals surface area contributed by atoms with Crippen LogP contribution in [0.3, 0.4) is 0 Å². The van der Waals surface area contributed by atoms with E-state index >= 15 is 0 Å². The van der Waals surface area contributed by atoms with Gasteiger partial charge in [-0.3, -0.25) is 19.5 Å². The maximum atomic E-state index is 13.9. The number of thiazole rings is 1. The van der Waals surface area contributed by atoms with Gasteiger partial charge in [0.1, 0.15) is 4.70 Å². The van der Waals surface area contributed by atoms with Crippen LogP contribution in [0.4, 0.5) is 5.13 Å². The number of hydrogen-bond donors (Lipinski definition) is 1. The number of pyridine rings is 1. The van der Waals surface area contributed by atoms with Gasteiger partial charge in [-0.15, -0.1) is 22.7 Å². The molecule has 0 saturated carbocycles. The molecule has 1 fully saturated rings. The molecule has 2 aliphatic heterocycles. The minimum atomic E-state index is -0.880. The van der Waals surface area contributed by atoms with Crippen molar-refractivity contribution in [3.8, 4) is 10.4 Å². The Morgan fingerprint density at radius 2 is 1.93 bits per heavy atom. The van der Waals surface area contributed by atoms with Crippen LogP contribution in [-0.2, 0) is 17.8 Å². The summed E-state index contributed by atoms with van der Waals surface area (Å²) in [5.74, 6) is 0.294. The predicted octanol–water partition coefficient (Wildman–Crippen LogP) is 5.37. The number of carbonyl (C=O) groups excluding carboxylic acids is 1. The molecule has 204 valence electrons. The van der Waals surface area contributed by atoms with Crippen LogP contribution in [0.2, 0.25) is 0 Å². The standard InChI is InChI=1S/C30H30N6O2S2/c1-34-13-8-20(9-14-34)19-4-6-21(7-5-19)24-17-22-10-15-36(29(38)27(22)40-24)26(28(37)33-30-31-11-16-39-30)25-23-3-2-12-35(23)18-32-25/h4-7,10-11,15-18,20,26H,2-3,8-9,12-14H2,1H3,(H,31,33,37). The van der Waals surface area contributed by atoms with E-state index in [1.165, 1.54) is 45.6 Å². The summed E-state index contributed by atoms with van der Waals surface area (Å²) in [5.41, 5.74) is 3.96. The molecule has 0 radical (unpaired) electrons. The van der Waals surface area contributed by atoms with E-state index in [2.05, 4.69) is 62.1 Å². The highest BCUT2D eigenvalue weighted by Gasteiger charge is 2.32. The first-order chi connectivity index (χ1) is 19.5. The van der Waals surface area contributed by atoms with E-state index in [4.69, 9.17) is 0 Å². The van der Waals surface area contributed by atoms with Crippen molar-refractivity contribution in [2.75, 3.05) is 25.5 Å². The third-order valence-corrected chi connectivity index (χ3v) is 10.1. The number of aryl methyl sites for hydroxylation is 1. The largest absolute Gasteiger partial charge is 0.334 e. The predicted molar refractivity (Wildman–Crippen MR) is 160 cm³/mol. The fraction of sp³-hybridized carbons (Fsp3) is 0.333. The summed E-state index contributed by atoms with van der Waals surface area (Å²) >= 11 is 2.83. The molecule has 4 aromatic heterocycles. The van der Waals surface area contributed by atoms with E-state index in [0.717, 1.165) is 54.0 Å². The Bertz CT molecular complexity index is 1730. The van der Waals surface area contributed by atoms with Crippen molar-refractivity contribution in [2.24, 2.45) is 0 Å². The molecule has 1 amide bonds. The number of amides is 1. The number of anilines is 1. The van der Waals surface area contributed by atoms with Gasteiger partial charge in [0, 0.05) is 40.3 Å². The van der Waals surface area contributed by atoms with Gasteiger partial charge in [0.2, 0.25) is 0 Å². The summed E-state index contributed by atoms with van der Waals surface area (Å²) in [6.07, 6.45) is 9.38. The van der Waals surface area contributed by atoms with Gasteiger partial charge in [-0.2, -0.15) is 0 Å². The number of fused-ring (bicyclic) bond motifs is 2. The number of nitrogens with zero attached hydrogens (tertiary/aromatic N) is 5. The number of thiophene rings is 1. The van der Waals surface area contributed by atoms with E-state index in [1.54, 1.807) is 18.7 Å². The van der Waals surface area contributed by atoms with Crippen molar-refractivity contribution in [1.82, 2.24) is 24.0 Å². The molecule has 1 unspecified atom stereocenters. The summed E-state index contributed by atoms with van der Waals surface area (Å²) in [5, 5.41) is 6.10. The quantitative estimate of drug-likeness (QED) is 0.297. The summed E-state index contributed by atoms with van der Waals surface area (Å²) in [4.78, 5) is 39.9. The molecule has 1 atom stereocenters. The summed E-state index contributed by atoms with van der Waals surface area (Å²) in [6, 6.07) is 12.0. The molecule has 1 saturated heterocycles. The number of carbonyl (C=O) groups is 1. The van der Waals surface area contributed by atoms with Gasteiger partial charge >= 0.3 is 0 Å². The zero-order valence-corrected chi connectivity index (χ0v) is 23.9. The fourth-order valence-corrected chi connectivity index (χ4v) is 7.65. The Kier molecular flexibility index (Phi) is 6.61. The molecule has 0 aliphatic carbocycles. The van der Waals surface area contributed by atoms with E-state index in [-0.39, 0.29) is 11.5 Å². The molecule has 5 aromatic rings. The first-order valence-electron chi connectivity index (χ1n) is 13.7. The highest BCUT2D eigenvalue weighted by Crippen LogP contribution is 2.35. The highest BCUT2D eigenvalue weighted by atomic mass is 32.1. The van der Waals surface area contributed by atoms with Crippen molar-refractivity contribution >= 4 is 43.8 Å². The second kappa shape index (κ2) is 10.4. The molecule has 0 bridgehead atoms. The van der Waals surface area contributed by atoms with Gasteiger partial charge in [-0.25, -0.2) is 9.97 Å². The van der Waals surface area contributed by atoms with Crippen LogP contribution in [0.5, 0.6) is 0 Å². The Hall–Kier alpha value is -3.60. The molecule has 7 rings (SSSR count). The fourth-order valence-electron chi connectivity index (χ4n) is 6.02. The van der Waals surface area contributed by atoms with Gasteiger partial charge in [-0.1, -0.05) is 24.3 Å².